The number of halogens is 1. The average molecular weight is 437 g/mol. The van der Waals surface area contributed by atoms with Crippen LogP contribution in [0.15, 0.2) is 47.4 Å². The van der Waals surface area contributed by atoms with Gasteiger partial charge in [0.1, 0.15) is 5.82 Å². The van der Waals surface area contributed by atoms with Crippen molar-refractivity contribution in [3.05, 3.63) is 59.4 Å². The lowest BCUT2D eigenvalue weighted by Crippen LogP contribution is -2.33. The molecule has 0 radical (unpaired) electrons. The molecule has 0 saturated carbocycles. The molecule has 30 heavy (non-hydrogen) atoms. The number of benzene rings is 2. The Morgan fingerprint density at radius 1 is 1.20 bits per heavy atom. The molecule has 0 aliphatic heterocycles. The quantitative estimate of drug-likeness (QED) is 0.554. The lowest BCUT2D eigenvalue weighted by molar-refractivity contribution is 0.0677. The number of amides is 1. The van der Waals surface area contributed by atoms with Crippen molar-refractivity contribution in [2.24, 2.45) is 0 Å². The number of carbonyl (C=O) groups is 1. The summed E-state index contributed by atoms with van der Waals surface area (Å²) in [5.41, 5.74) is 0.204. The summed E-state index contributed by atoms with van der Waals surface area (Å²) >= 11 is 0. The smallest absolute Gasteiger partial charge is 0.255 e. The van der Waals surface area contributed by atoms with Crippen molar-refractivity contribution in [1.82, 2.24) is 4.72 Å². The molecule has 0 aliphatic rings. The third kappa shape index (κ3) is 7.19. The van der Waals surface area contributed by atoms with E-state index in [2.05, 4.69) is 10.0 Å². The van der Waals surface area contributed by atoms with Crippen LogP contribution in [0, 0.1) is 12.7 Å². The van der Waals surface area contributed by atoms with Gasteiger partial charge in [0.05, 0.1) is 10.5 Å². The summed E-state index contributed by atoms with van der Waals surface area (Å²) < 4.78 is 41.4. The summed E-state index contributed by atoms with van der Waals surface area (Å²) in [7, 11) is -3.81. The molecule has 1 amide bonds. The second kappa shape index (κ2) is 9.68. The Morgan fingerprint density at radius 2 is 1.90 bits per heavy atom. The zero-order chi connectivity index (χ0) is 22.5. The maximum atomic E-state index is 13.4. The standard InChI is InChI=1S/C22H29FN2O4S/c1-15-13-18(10-11-20(15)23)24-21(26)17-8-5-9-19(14-17)30(28,29)25-16(2)7-6-12-22(3,4)27/h5,8-11,13-14,16,25,27H,6-7,12H2,1-4H3,(H,24,26). The van der Waals surface area contributed by atoms with Gasteiger partial charge in [-0.25, -0.2) is 17.5 Å². The predicted octanol–water partition coefficient (Wildman–Crippen LogP) is 3.99. The second-order valence-electron chi connectivity index (χ2n) is 8.17. The molecular formula is C22H29FN2O4S. The molecule has 0 aliphatic carbocycles. The number of nitrogens with one attached hydrogen (secondary N) is 2. The number of anilines is 1. The summed E-state index contributed by atoms with van der Waals surface area (Å²) in [6, 6.07) is 9.62. The normalized spacial score (nSPS) is 13.1. The van der Waals surface area contributed by atoms with Crippen LogP contribution in [0.5, 0.6) is 0 Å². The van der Waals surface area contributed by atoms with Gasteiger partial charge < -0.3 is 10.4 Å². The van der Waals surface area contributed by atoms with Gasteiger partial charge in [-0.2, -0.15) is 0 Å². The highest BCUT2D eigenvalue weighted by Gasteiger charge is 2.20. The Balaban J connectivity index is 2.07. The zero-order valence-corrected chi connectivity index (χ0v) is 18.5. The summed E-state index contributed by atoms with van der Waals surface area (Å²) in [5.74, 6) is -0.861. The fraction of sp³-hybridized carbons (Fsp3) is 0.409. The minimum Gasteiger partial charge on any atom is -0.390 e. The Hall–Kier alpha value is -2.29. The molecule has 2 aromatic carbocycles. The molecule has 0 bridgehead atoms. The molecule has 6 nitrogen and oxygen atoms in total. The number of aliphatic hydroxyl groups is 1. The molecule has 164 valence electrons. The van der Waals surface area contributed by atoms with E-state index >= 15 is 0 Å². The first-order valence-corrected chi connectivity index (χ1v) is 11.3. The number of hydrogen-bond donors (Lipinski definition) is 3. The van der Waals surface area contributed by atoms with E-state index in [1.54, 1.807) is 27.7 Å². The van der Waals surface area contributed by atoms with Crippen molar-refractivity contribution >= 4 is 21.6 Å². The van der Waals surface area contributed by atoms with Crippen LogP contribution in [-0.2, 0) is 10.0 Å². The van der Waals surface area contributed by atoms with E-state index in [4.69, 9.17) is 0 Å². The monoisotopic (exact) mass is 436 g/mol. The van der Waals surface area contributed by atoms with Crippen LogP contribution in [0.25, 0.3) is 0 Å². The number of carbonyl (C=O) groups excluding carboxylic acids is 1. The highest BCUT2D eigenvalue weighted by atomic mass is 32.2. The van der Waals surface area contributed by atoms with E-state index in [1.165, 1.54) is 42.5 Å². The van der Waals surface area contributed by atoms with Crippen molar-refractivity contribution in [2.45, 2.75) is 63.5 Å². The summed E-state index contributed by atoms with van der Waals surface area (Å²) in [4.78, 5) is 12.5. The van der Waals surface area contributed by atoms with Gasteiger partial charge in [0, 0.05) is 17.3 Å². The Labute approximate surface area is 177 Å². The number of aryl methyl sites for hydroxylation is 1. The van der Waals surface area contributed by atoms with Crippen LogP contribution in [0.1, 0.15) is 56.0 Å². The first kappa shape index (κ1) is 24.0. The third-order valence-electron chi connectivity index (χ3n) is 4.60. The van der Waals surface area contributed by atoms with Crippen LogP contribution in [-0.4, -0.2) is 31.1 Å². The van der Waals surface area contributed by atoms with Crippen molar-refractivity contribution < 1.29 is 22.7 Å². The van der Waals surface area contributed by atoms with Crippen molar-refractivity contribution in [1.29, 1.82) is 0 Å². The van der Waals surface area contributed by atoms with Crippen LogP contribution in [0.3, 0.4) is 0 Å². The Kier molecular flexibility index (Phi) is 7.74. The second-order valence-corrected chi connectivity index (χ2v) is 9.89. The van der Waals surface area contributed by atoms with Gasteiger partial charge in [-0.05, 0) is 88.9 Å². The number of sulfonamides is 1. The van der Waals surface area contributed by atoms with Crippen molar-refractivity contribution in [2.75, 3.05) is 5.32 Å². The molecule has 0 saturated heterocycles. The molecule has 1 unspecified atom stereocenters. The fourth-order valence-electron chi connectivity index (χ4n) is 2.96. The van der Waals surface area contributed by atoms with Gasteiger partial charge in [0.25, 0.3) is 5.91 Å². The maximum absolute atomic E-state index is 13.4. The molecule has 0 aromatic heterocycles. The minimum atomic E-state index is -3.81. The van der Waals surface area contributed by atoms with E-state index in [0.717, 1.165) is 0 Å². The summed E-state index contributed by atoms with van der Waals surface area (Å²) in [6.45, 7) is 6.78. The van der Waals surface area contributed by atoms with E-state index in [9.17, 15) is 22.7 Å². The molecular weight excluding hydrogens is 407 g/mol. The Bertz CT molecular complexity index is 1000. The molecule has 1 atom stereocenters. The first-order chi connectivity index (χ1) is 13.9. The lowest BCUT2D eigenvalue weighted by Gasteiger charge is -2.19. The largest absolute Gasteiger partial charge is 0.390 e. The van der Waals surface area contributed by atoms with Gasteiger partial charge in [0.2, 0.25) is 10.0 Å². The first-order valence-electron chi connectivity index (χ1n) is 9.80. The van der Waals surface area contributed by atoms with Gasteiger partial charge in [0.15, 0.2) is 0 Å². The molecule has 2 rings (SSSR count). The van der Waals surface area contributed by atoms with Gasteiger partial charge in [-0.1, -0.05) is 6.07 Å². The fourth-order valence-corrected chi connectivity index (χ4v) is 4.29. The van der Waals surface area contributed by atoms with E-state index < -0.39 is 21.5 Å². The molecule has 3 N–H and O–H groups in total. The van der Waals surface area contributed by atoms with E-state index in [-0.39, 0.29) is 22.3 Å². The Morgan fingerprint density at radius 3 is 2.53 bits per heavy atom. The summed E-state index contributed by atoms with van der Waals surface area (Å²) in [5, 5.41) is 12.4. The van der Waals surface area contributed by atoms with Crippen LogP contribution >= 0.6 is 0 Å². The van der Waals surface area contributed by atoms with Gasteiger partial charge >= 0.3 is 0 Å². The lowest BCUT2D eigenvalue weighted by atomic mass is 10.00. The topological polar surface area (TPSA) is 95.5 Å². The number of hydrogen-bond acceptors (Lipinski definition) is 4. The van der Waals surface area contributed by atoms with E-state index in [0.29, 0.717) is 30.5 Å². The maximum Gasteiger partial charge on any atom is 0.255 e. The highest BCUT2D eigenvalue weighted by Crippen LogP contribution is 2.18. The highest BCUT2D eigenvalue weighted by molar-refractivity contribution is 7.89. The van der Waals surface area contributed by atoms with Gasteiger partial charge in [-0.15, -0.1) is 0 Å². The van der Waals surface area contributed by atoms with Crippen LogP contribution in [0.4, 0.5) is 10.1 Å². The molecule has 2 aromatic rings. The predicted molar refractivity (Wildman–Crippen MR) is 115 cm³/mol. The van der Waals surface area contributed by atoms with Crippen LogP contribution in [0.2, 0.25) is 0 Å². The van der Waals surface area contributed by atoms with E-state index in [1.807, 2.05) is 0 Å². The third-order valence-corrected chi connectivity index (χ3v) is 6.19. The van der Waals surface area contributed by atoms with Crippen molar-refractivity contribution in [3.63, 3.8) is 0 Å². The van der Waals surface area contributed by atoms with Crippen molar-refractivity contribution in [3.8, 4) is 0 Å². The minimum absolute atomic E-state index is 0.0141. The van der Waals surface area contributed by atoms with Gasteiger partial charge in [-0.3, -0.25) is 4.79 Å². The number of rotatable bonds is 9. The molecule has 8 heteroatoms. The average Bonchev–Trinajstić information content (AvgIpc) is 2.63. The molecule has 0 fully saturated rings. The zero-order valence-electron chi connectivity index (χ0n) is 17.7. The SMILES string of the molecule is Cc1cc(NC(=O)c2cccc(S(=O)(=O)NC(C)CCCC(C)(C)O)c2)ccc1F. The molecule has 0 heterocycles. The van der Waals surface area contributed by atoms with Crippen LogP contribution < -0.4 is 10.0 Å². The summed E-state index contributed by atoms with van der Waals surface area (Å²) in [6.07, 6.45) is 1.82. The molecule has 0 spiro atoms.